The second-order valence-corrected chi connectivity index (χ2v) is 8.19. The van der Waals surface area contributed by atoms with E-state index in [2.05, 4.69) is 15.6 Å². The van der Waals surface area contributed by atoms with Crippen molar-refractivity contribution in [3.05, 3.63) is 115 Å². The zero-order valence-corrected chi connectivity index (χ0v) is 19.6. The molecule has 0 spiro atoms. The highest BCUT2D eigenvalue weighted by molar-refractivity contribution is 6.08. The van der Waals surface area contributed by atoms with E-state index >= 15 is 0 Å². The van der Waals surface area contributed by atoms with Crippen molar-refractivity contribution in [1.29, 1.82) is 0 Å². The lowest BCUT2D eigenvalue weighted by molar-refractivity contribution is -0.114. The Balaban J connectivity index is 1.53. The minimum absolute atomic E-state index is 0.161. The van der Waals surface area contributed by atoms with Crippen molar-refractivity contribution >= 4 is 23.2 Å². The van der Waals surface area contributed by atoms with Gasteiger partial charge in [0.2, 0.25) is 11.8 Å². The first-order valence-electron chi connectivity index (χ1n) is 11.5. The Bertz CT molecular complexity index is 1510. The van der Waals surface area contributed by atoms with Gasteiger partial charge in [-0.3, -0.25) is 9.59 Å². The van der Waals surface area contributed by atoms with Crippen LogP contribution in [0.15, 0.2) is 114 Å². The summed E-state index contributed by atoms with van der Waals surface area (Å²) in [6.07, 6.45) is 0. The van der Waals surface area contributed by atoms with Crippen LogP contribution in [0.3, 0.4) is 0 Å². The number of nitrogens with one attached hydrogen (secondary N) is 2. The van der Waals surface area contributed by atoms with Crippen molar-refractivity contribution in [1.82, 2.24) is 4.98 Å². The first-order valence-corrected chi connectivity index (χ1v) is 11.5. The number of para-hydroxylation sites is 1. The SMILES string of the molecule is CC(=O)Nc1ccc(-c2oc(-c3ccccc3)nc2C(=O)Nc2ccccc2-c2ccccc2)cc1. The molecule has 5 rings (SSSR count). The number of hydrogen-bond donors (Lipinski definition) is 2. The Morgan fingerprint density at radius 2 is 1.28 bits per heavy atom. The van der Waals surface area contributed by atoms with E-state index < -0.39 is 0 Å². The van der Waals surface area contributed by atoms with Crippen LogP contribution in [0, 0.1) is 0 Å². The summed E-state index contributed by atoms with van der Waals surface area (Å²) in [6.45, 7) is 1.45. The molecule has 0 atom stereocenters. The number of rotatable bonds is 6. The minimum atomic E-state index is -0.384. The Morgan fingerprint density at radius 1 is 0.667 bits per heavy atom. The standard InChI is InChI=1S/C30H23N3O3/c1-20(34)31-24-18-16-22(17-19-24)28-27(33-30(36-28)23-12-6-3-7-13-23)29(35)32-26-15-9-8-14-25(26)21-10-4-2-5-11-21/h2-19H,1H3,(H,31,34)(H,32,35). The molecule has 0 fully saturated rings. The molecule has 0 aliphatic rings. The first-order chi connectivity index (χ1) is 17.6. The van der Waals surface area contributed by atoms with E-state index in [0.717, 1.165) is 16.7 Å². The summed E-state index contributed by atoms with van der Waals surface area (Å²) in [6, 6.07) is 34.0. The summed E-state index contributed by atoms with van der Waals surface area (Å²) in [7, 11) is 0. The lowest BCUT2D eigenvalue weighted by atomic mass is 10.0. The van der Waals surface area contributed by atoms with Crippen molar-refractivity contribution < 1.29 is 14.0 Å². The molecule has 0 aliphatic heterocycles. The maximum Gasteiger partial charge on any atom is 0.278 e. The molecular weight excluding hydrogens is 450 g/mol. The third kappa shape index (κ3) is 4.93. The molecule has 0 bridgehead atoms. The summed E-state index contributed by atoms with van der Waals surface area (Å²) in [4.78, 5) is 29.5. The highest BCUT2D eigenvalue weighted by atomic mass is 16.4. The fraction of sp³-hybridized carbons (Fsp3) is 0.0333. The lowest BCUT2D eigenvalue weighted by Crippen LogP contribution is -2.14. The average molecular weight is 474 g/mol. The number of carbonyl (C=O) groups is 2. The van der Waals surface area contributed by atoms with E-state index in [1.807, 2.05) is 84.9 Å². The largest absolute Gasteiger partial charge is 0.435 e. The van der Waals surface area contributed by atoms with Gasteiger partial charge < -0.3 is 15.1 Å². The maximum absolute atomic E-state index is 13.6. The molecule has 1 aromatic heterocycles. The van der Waals surface area contributed by atoms with E-state index in [4.69, 9.17) is 4.42 Å². The van der Waals surface area contributed by atoms with Crippen LogP contribution in [0.5, 0.6) is 0 Å². The molecule has 4 aromatic carbocycles. The lowest BCUT2D eigenvalue weighted by Gasteiger charge is -2.11. The third-order valence-electron chi connectivity index (χ3n) is 5.59. The minimum Gasteiger partial charge on any atom is -0.435 e. The third-order valence-corrected chi connectivity index (χ3v) is 5.59. The van der Waals surface area contributed by atoms with Gasteiger partial charge in [0.25, 0.3) is 5.91 Å². The summed E-state index contributed by atoms with van der Waals surface area (Å²) < 4.78 is 6.12. The maximum atomic E-state index is 13.6. The number of oxazole rings is 1. The van der Waals surface area contributed by atoms with E-state index in [-0.39, 0.29) is 17.5 Å². The van der Waals surface area contributed by atoms with Crippen LogP contribution in [0.1, 0.15) is 17.4 Å². The zero-order valence-electron chi connectivity index (χ0n) is 19.6. The summed E-state index contributed by atoms with van der Waals surface area (Å²) in [5, 5.41) is 5.76. The summed E-state index contributed by atoms with van der Waals surface area (Å²) in [5.74, 6) is 0.145. The van der Waals surface area contributed by atoms with Gasteiger partial charge in [-0.2, -0.15) is 0 Å². The van der Waals surface area contributed by atoms with Gasteiger partial charge in [-0.15, -0.1) is 0 Å². The van der Waals surface area contributed by atoms with Gasteiger partial charge in [0, 0.05) is 35.0 Å². The van der Waals surface area contributed by atoms with E-state index in [0.29, 0.717) is 28.6 Å². The van der Waals surface area contributed by atoms with Gasteiger partial charge >= 0.3 is 0 Å². The molecule has 2 N–H and O–H groups in total. The zero-order chi connectivity index (χ0) is 24.9. The van der Waals surface area contributed by atoms with Crippen molar-refractivity contribution in [3.8, 4) is 33.9 Å². The van der Waals surface area contributed by atoms with Crippen LogP contribution in [0.2, 0.25) is 0 Å². The monoisotopic (exact) mass is 473 g/mol. The highest BCUT2D eigenvalue weighted by Crippen LogP contribution is 2.33. The summed E-state index contributed by atoms with van der Waals surface area (Å²) >= 11 is 0. The number of carbonyl (C=O) groups excluding carboxylic acids is 2. The number of hydrogen-bond acceptors (Lipinski definition) is 4. The van der Waals surface area contributed by atoms with Crippen LogP contribution in [-0.4, -0.2) is 16.8 Å². The van der Waals surface area contributed by atoms with E-state index in [1.165, 1.54) is 6.92 Å². The van der Waals surface area contributed by atoms with Crippen molar-refractivity contribution in [2.75, 3.05) is 10.6 Å². The molecule has 6 heteroatoms. The van der Waals surface area contributed by atoms with Crippen LogP contribution in [0.4, 0.5) is 11.4 Å². The normalized spacial score (nSPS) is 10.6. The molecule has 2 amide bonds. The van der Waals surface area contributed by atoms with Crippen molar-refractivity contribution in [2.24, 2.45) is 0 Å². The molecule has 0 saturated carbocycles. The Labute approximate surface area is 208 Å². The Hall–Kier alpha value is -4.97. The predicted octanol–water partition coefficient (Wildman–Crippen LogP) is 6.89. The first kappa shape index (κ1) is 22.8. The quantitative estimate of drug-likeness (QED) is 0.281. The van der Waals surface area contributed by atoms with Crippen molar-refractivity contribution in [2.45, 2.75) is 6.92 Å². The highest BCUT2D eigenvalue weighted by Gasteiger charge is 2.23. The van der Waals surface area contributed by atoms with Gasteiger partial charge in [-0.25, -0.2) is 4.98 Å². The fourth-order valence-corrected chi connectivity index (χ4v) is 3.93. The molecule has 0 radical (unpaired) electrons. The van der Waals surface area contributed by atoms with Gasteiger partial charge in [0.05, 0.1) is 0 Å². The molecule has 6 nitrogen and oxygen atoms in total. The second kappa shape index (κ2) is 10.1. The van der Waals surface area contributed by atoms with Gasteiger partial charge in [-0.05, 0) is 48.0 Å². The molecule has 176 valence electrons. The second-order valence-electron chi connectivity index (χ2n) is 8.19. The molecule has 0 unspecified atom stereocenters. The number of anilines is 2. The van der Waals surface area contributed by atoms with Gasteiger partial charge in [0.15, 0.2) is 11.5 Å². The fourth-order valence-electron chi connectivity index (χ4n) is 3.93. The smallest absolute Gasteiger partial charge is 0.278 e. The molecular formula is C30H23N3O3. The predicted molar refractivity (Wildman–Crippen MR) is 142 cm³/mol. The molecule has 0 aliphatic carbocycles. The Morgan fingerprint density at radius 3 is 1.94 bits per heavy atom. The Kier molecular flexibility index (Phi) is 6.40. The molecule has 0 saturated heterocycles. The van der Waals surface area contributed by atoms with E-state index in [1.54, 1.807) is 24.3 Å². The van der Waals surface area contributed by atoms with Crippen LogP contribution >= 0.6 is 0 Å². The molecule has 5 aromatic rings. The van der Waals surface area contributed by atoms with Crippen LogP contribution in [0.25, 0.3) is 33.9 Å². The average Bonchev–Trinajstić information content (AvgIpc) is 3.36. The number of aromatic nitrogens is 1. The molecule has 36 heavy (non-hydrogen) atoms. The van der Waals surface area contributed by atoms with Gasteiger partial charge in [-0.1, -0.05) is 66.7 Å². The van der Waals surface area contributed by atoms with Crippen LogP contribution in [-0.2, 0) is 4.79 Å². The number of amides is 2. The topological polar surface area (TPSA) is 84.2 Å². The van der Waals surface area contributed by atoms with Crippen LogP contribution < -0.4 is 10.6 Å². The molecule has 1 heterocycles. The van der Waals surface area contributed by atoms with Gasteiger partial charge in [0.1, 0.15) is 0 Å². The van der Waals surface area contributed by atoms with E-state index in [9.17, 15) is 9.59 Å². The van der Waals surface area contributed by atoms with Crippen molar-refractivity contribution in [3.63, 3.8) is 0 Å². The number of nitrogens with zero attached hydrogens (tertiary/aromatic N) is 1. The number of benzene rings is 4. The summed E-state index contributed by atoms with van der Waals surface area (Å²) in [5.41, 5.74) is 4.81.